The van der Waals surface area contributed by atoms with Crippen LogP contribution in [-0.4, -0.2) is 53.4 Å². The van der Waals surface area contributed by atoms with Crippen molar-refractivity contribution in [2.45, 2.75) is 48.9 Å². The monoisotopic (exact) mass is 418 g/mol. The van der Waals surface area contributed by atoms with E-state index < -0.39 is 32.1 Å². The number of carbonyl (C=O) groups is 1. The van der Waals surface area contributed by atoms with Crippen molar-refractivity contribution in [1.82, 2.24) is 9.03 Å². The molecule has 0 unspecified atom stereocenters. The molecule has 0 aliphatic carbocycles. The number of esters is 1. The molecule has 1 N–H and O–H groups in total. The second-order valence-electron chi connectivity index (χ2n) is 6.91. The van der Waals surface area contributed by atoms with Crippen LogP contribution in [0.25, 0.3) is 0 Å². The number of hydrogen-bond donors (Lipinski definition) is 1. The van der Waals surface area contributed by atoms with Crippen molar-refractivity contribution < 1.29 is 26.4 Å². The lowest BCUT2D eigenvalue weighted by atomic mass is 10.1. The Morgan fingerprint density at radius 1 is 1.07 bits per heavy atom. The molecule has 0 amide bonds. The van der Waals surface area contributed by atoms with E-state index in [1.54, 1.807) is 0 Å². The standard InChI is InChI=1S/C17H26N2O6S2/c1-13(2)12-16(17(20)25-3)18-26(21,22)14-6-8-15(9-7-14)27(23,24)19-10-4-5-11-19/h6-9,13,16,18H,4-5,10-12H2,1-3H3/t16-/m1/s1. The van der Waals surface area contributed by atoms with E-state index >= 15 is 0 Å². The van der Waals surface area contributed by atoms with Crippen LogP contribution in [0, 0.1) is 5.92 Å². The summed E-state index contributed by atoms with van der Waals surface area (Å²) in [5, 5.41) is 0. The highest BCUT2D eigenvalue weighted by atomic mass is 32.2. The molecule has 8 nitrogen and oxygen atoms in total. The van der Waals surface area contributed by atoms with Gasteiger partial charge in [-0.2, -0.15) is 9.03 Å². The zero-order chi connectivity index (χ0) is 20.2. The SMILES string of the molecule is COC(=O)[C@@H](CC(C)C)NS(=O)(=O)c1ccc(S(=O)(=O)N2CCCC2)cc1. The van der Waals surface area contributed by atoms with Gasteiger partial charge in [-0.25, -0.2) is 16.8 Å². The Bertz CT molecular complexity index is 857. The van der Waals surface area contributed by atoms with Crippen molar-refractivity contribution in [3.05, 3.63) is 24.3 Å². The third-order valence-electron chi connectivity index (χ3n) is 4.33. The van der Waals surface area contributed by atoms with Gasteiger partial charge in [0.15, 0.2) is 0 Å². The molecule has 1 atom stereocenters. The Labute approximate surface area is 161 Å². The first-order chi connectivity index (χ1) is 12.6. The lowest BCUT2D eigenvalue weighted by molar-refractivity contribution is -0.143. The molecule has 0 spiro atoms. The smallest absolute Gasteiger partial charge is 0.323 e. The van der Waals surface area contributed by atoms with E-state index in [0.717, 1.165) is 12.8 Å². The fourth-order valence-corrected chi connectivity index (χ4v) is 5.64. The Morgan fingerprint density at radius 3 is 2.07 bits per heavy atom. The Morgan fingerprint density at radius 2 is 1.59 bits per heavy atom. The first-order valence-electron chi connectivity index (χ1n) is 8.78. The molecule has 0 radical (unpaired) electrons. The summed E-state index contributed by atoms with van der Waals surface area (Å²) in [7, 11) is -6.42. The molecule has 1 heterocycles. The van der Waals surface area contributed by atoms with Crippen LogP contribution in [-0.2, 0) is 29.6 Å². The molecule has 1 aromatic carbocycles. The molecule has 10 heteroatoms. The number of carbonyl (C=O) groups excluding carboxylic acids is 1. The van der Waals surface area contributed by atoms with E-state index in [4.69, 9.17) is 0 Å². The topological polar surface area (TPSA) is 110 Å². The Hall–Kier alpha value is -1.49. The lowest BCUT2D eigenvalue weighted by Crippen LogP contribution is -2.42. The molecule has 2 rings (SSSR count). The van der Waals surface area contributed by atoms with Gasteiger partial charge in [0.25, 0.3) is 0 Å². The summed E-state index contributed by atoms with van der Waals surface area (Å²) < 4.78 is 58.6. The van der Waals surface area contributed by atoms with Crippen LogP contribution in [0.3, 0.4) is 0 Å². The van der Waals surface area contributed by atoms with E-state index in [2.05, 4.69) is 9.46 Å². The molecule has 152 valence electrons. The highest BCUT2D eigenvalue weighted by molar-refractivity contribution is 7.89. The first-order valence-corrected chi connectivity index (χ1v) is 11.7. The predicted molar refractivity (Wildman–Crippen MR) is 100 cm³/mol. The number of sulfonamides is 2. The number of rotatable bonds is 8. The quantitative estimate of drug-likeness (QED) is 0.638. The van der Waals surface area contributed by atoms with Crippen LogP contribution in [0.4, 0.5) is 0 Å². The van der Waals surface area contributed by atoms with Crippen molar-refractivity contribution in [3.63, 3.8) is 0 Å². The molecular formula is C17H26N2O6S2. The van der Waals surface area contributed by atoms with Gasteiger partial charge in [-0.05, 0) is 49.4 Å². The summed E-state index contributed by atoms with van der Waals surface area (Å²) in [5.74, 6) is -0.592. The van der Waals surface area contributed by atoms with Gasteiger partial charge in [-0.15, -0.1) is 0 Å². The van der Waals surface area contributed by atoms with Gasteiger partial charge in [-0.3, -0.25) is 4.79 Å². The highest BCUT2D eigenvalue weighted by Crippen LogP contribution is 2.22. The summed E-state index contributed by atoms with van der Waals surface area (Å²) in [6.07, 6.45) is 1.92. The molecule has 1 saturated heterocycles. The average molecular weight is 419 g/mol. The van der Waals surface area contributed by atoms with Crippen molar-refractivity contribution in [2.75, 3.05) is 20.2 Å². The predicted octanol–water partition coefficient (Wildman–Crippen LogP) is 1.34. The number of ether oxygens (including phenoxy) is 1. The molecule has 0 saturated carbocycles. The molecule has 0 bridgehead atoms. The van der Waals surface area contributed by atoms with Crippen LogP contribution in [0.2, 0.25) is 0 Å². The molecule has 27 heavy (non-hydrogen) atoms. The fraction of sp³-hybridized carbons (Fsp3) is 0.588. The minimum absolute atomic E-state index is 0.0510. The summed E-state index contributed by atoms with van der Waals surface area (Å²) in [6, 6.07) is 4.01. The molecule has 1 aliphatic heterocycles. The zero-order valence-electron chi connectivity index (χ0n) is 15.7. The van der Waals surface area contributed by atoms with Crippen molar-refractivity contribution >= 4 is 26.0 Å². The van der Waals surface area contributed by atoms with Gasteiger partial charge in [-0.1, -0.05) is 13.8 Å². The van der Waals surface area contributed by atoms with Gasteiger partial charge in [0, 0.05) is 13.1 Å². The summed E-state index contributed by atoms with van der Waals surface area (Å²) in [6.45, 7) is 4.67. The van der Waals surface area contributed by atoms with Crippen molar-refractivity contribution in [2.24, 2.45) is 5.92 Å². The number of hydrogen-bond acceptors (Lipinski definition) is 6. The van der Waals surface area contributed by atoms with E-state index in [9.17, 15) is 21.6 Å². The van der Waals surface area contributed by atoms with Crippen LogP contribution < -0.4 is 4.72 Å². The summed E-state index contributed by atoms with van der Waals surface area (Å²) in [5.41, 5.74) is 0. The van der Waals surface area contributed by atoms with Crippen molar-refractivity contribution in [1.29, 1.82) is 0 Å². The molecular weight excluding hydrogens is 392 g/mol. The third kappa shape index (κ3) is 5.28. The second kappa shape index (κ2) is 8.68. The number of benzene rings is 1. The van der Waals surface area contributed by atoms with Gasteiger partial charge >= 0.3 is 5.97 Å². The van der Waals surface area contributed by atoms with E-state index in [0.29, 0.717) is 13.1 Å². The second-order valence-corrected chi connectivity index (χ2v) is 10.6. The molecule has 0 aromatic heterocycles. The minimum Gasteiger partial charge on any atom is -0.468 e. The van der Waals surface area contributed by atoms with Crippen LogP contribution >= 0.6 is 0 Å². The summed E-state index contributed by atoms with van der Waals surface area (Å²) >= 11 is 0. The molecule has 1 aromatic rings. The molecule has 1 fully saturated rings. The van der Waals surface area contributed by atoms with E-state index in [-0.39, 0.29) is 22.1 Å². The van der Waals surface area contributed by atoms with Gasteiger partial charge in [0.05, 0.1) is 16.9 Å². The van der Waals surface area contributed by atoms with Crippen LogP contribution in [0.5, 0.6) is 0 Å². The number of nitrogens with zero attached hydrogens (tertiary/aromatic N) is 1. The summed E-state index contributed by atoms with van der Waals surface area (Å²) in [4.78, 5) is 11.8. The minimum atomic E-state index is -4.00. The molecule has 1 aliphatic rings. The lowest BCUT2D eigenvalue weighted by Gasteiger charge is -2.19. The maximum Gasteiger partial charge on any atom is 0.323 e. The largest absolute Gasteiger partial charge is 0.468 e. The maximum atomic E-state index is 12.6. The van der Waals surface area contributed by atoms with E-state index in [1.165, 1.54) is 35.7 Å². The zero-order valence-corrected chi connectivity index (χ0v) is 17.3. The highest BCUT2D eigenvalue weighted by Gasteiger charge is 2.29. The van der Waals surface area contributed by atoms with Gasteiger partial charge < -0.3 is 4.74 Å². The van der Waals surface area contributed by atoms with E-state index in [1.807, 2.05) is 13.8 Å². The average Bonchev–Trinajstić information content (AvgIpc) is 3.15. The van der Waals surface area contributed by atoms with Crippen LogP contribution in [0.15, 0.2) is 34.1 Å². The fourth-order valence-electron chi connectivity index (χ4n) is 2.93. The number of nitrogens with one attached hydrogen (secondary N) is 1. The Balaban J connectivity index is 2.22. The van der Waals surface area contributed by atoms with Gasteiger partial charge in [0.2, 0.25) is 20.0 Å². The van der Waals surface area contributed by atoms with Gasteiger partial charge in [0.1, 0.15) is 6.04 Å². The van der Waals surface area contributed by atoms with Crippen LogP contribution in [0.1, 0.15) is 33.1 Å². The Kier molecular flexibility index (Phi) is 7.01. The number of methoxy groups -OCH3 is 1. The third-order valence-corrected chi connectivity index (χ3v) is 7.73. The van der Waals surface area contributed by atoms with Crippen molar-refractivity contribution in [3.8, 4) is 0 Å². The normalized spacial score (nSPS) is 17.2. The maximum absolute atomic E-state index is 12.6. The first kappa shape index (κ1) is 21.8.